The van der Waals surface area contributed by atoms with E-state index in [1.807, 2.05) is 0 Å². The van der Waals surface area contributed by atoms with Gasteiger partial charge in [-0.1, -0.05) is 25.1 Å². The number of hydrogen-bond donors (Lipinski definition) is 1. The van der Waals surface area contributed by atoms with E-state index in [2.05, 4.69) is 67.3 Å². The van der Waals surface area contributed by atoms with Crippen LogP contribution in [0.2, 0.25) is 0 Å². The second-order valence-electron chi connectivity index (χ2n) is 5.84. The average molecular weight is 261 g/mol. The number of fused-ring (bicyclic) bond motifs is 1. The molecule has 3 nitrogen and oxygen atoms in total. The van der Waals surface area contributed by atoms with Crippen LogP contribution in [0.15, 0.2) is 24.3 Å². The first-order chi connectivity index (χ1) is 9.11. The monoisotopic (exact) mass is 261 g/mol. The number of para-hydroxylation sites is 1. The van der Waals surface area contributed by atoms with Crippen molar-refractivity contribution in [3.63, 3.8) is 0 Å². The number of nitrogens with one attached hydrogen (secondary N) is 1. The quantitative estimate of drug-likeness (QED) is 0.877. The van der Waals surface area contributed by atoms with E-state index in [1.165, 1.54) is 11.3 Å². The Hall–Kier alpha value is -1.06. The van der Waals surface area contributed by atoms with Gasteiger partial charge in [0.05, 0.1) is 0 Å². The van der Waals surface area contributed by atoms with Gasteiger partial charge in [0.15, 0.2) is 0 Å². The van der Waals surface area contributed by atoms with E-state index in [-0.39, 0.29) is 0 Å². The summed E-state index contributed by atoms with van der Waals surface area (Å²) in [4.78, 5) is 4.90. The zero-order valence-electron chi connectivity index (χ0n) is 12.7. The van der Waals surface area contributed by atoms with Gasteiger partial charge in [-0.25, -0.2) is 0 Å². The van der Waals surface area contributed by atoms with Gasteiger partial charge in [0.1, 0.15) is 0 Å². The molecule has 1 aromatic rings. The van der Waals surface area contributed by atoms with Crippen LogP contribution in [0, 0.1) is 0 Å². The van der Waals surface area contributed by atoms with Crippen molar-refractivity contribution in [2.45, 2.75) is 32.4 Å². The minimum Gasteiger partial charge on any atom is -0.383 e. The summed E-state index contributed by atoms with van der Waals surface area (Å²) in [6.45, 7) is 7.90. The molecule has 1 aliphatic heterocycles. The summed E-state index contributed by atoms with van der Waals surface area (Å²) in [5.41, 5.74) is 2.77. The summed E-state index contributed by atoms with van der Waals surface area (Å²) >= 11 is 0. The Bertz CT molecular complexity index is 403. The molecule has 1 heterocycles. The molecule has 3 heteroatoms. The topological polar surface area (TPSA) is 18.5 Å². The third-order valence-corrected chi connectivity index (χ3v) is 4.03. The lowest BCUT2D eigenvalue weighted by Gasteiger charge is -2.39. The van der Waals surface area contributed by atoms with Gasteiger partial charge in [-0.2, -0.15) is 0 Å². The van der Waals surface area contributed by atoms with Crippen molar-refractivity contribution in [3.05, 3.63) is 29.8 Å². The van der Waals surface area contributed by atoms with Gasteiger partial charge in [0, 0.05) is 30.9 Å². The van der Waals surface area contributed by atoms with E-state index >= 15 is 0 Å². The van der Waals surface area contributed by atoms with Crippen molar-refractivity contribution in [2.75, 3.05) is 39.0 Å². The lowest BCUT2D eigenvalue weighted by Crippen LogP contribution is -2.50. The Labute approximate surface area is 117 Å². The molecule has 1 aliphatic rings. The minimum absolute atomic E-state index is 0.595. The normalized spacial score (nSPS) is 20.2. The number of nitrogens with zero attached hydrogens (tertiary/aromatic N) is 2. The maximum Gasteiger partial charge on any atom is 0.0373 e. The van der Waals surface area contributed by atoms with Crippen LogP contribution < -0.4 is 5.32 Å². The van der Waals surface area contributed by atoms with Crippen LogP contribution in [0.1, 0.15) is 19.4 Å². The summed E-state index contributed by atoms with van der Waals surface area (Å²) < 4.78 is 0. The SMILES string of the molecule is CCN(C(C)CN(C)C)C1CNc2ccccc2C1. The summed E-state index contributed by atoms with van der Waals surface area (Å²) in [5, 5.41) is 3.58. The zero-order chi connectivity index (χ0) is 13.8. The molecule has 19 heavy (non-hydrogen) atoms. The lowest BCUT2D eigenvalue weighted by atomic mass is 9.97. The van der Waals surface area contributed by atoms with E-state index in [4.69, 9.17) is 0 Å². The molecule has 2 atom stereocenters. The number of hydrogen-bond acceptors (Lipinski definition) is 3. The summed E-state index contributed by atoms with van der Waals surface area (Å²) in [6, 6.07) is 9.89. The van der Waals surface area contributed by atoms with Crippen LogP contribution in [-0.4, -0.2) is 55.6 Å². The van der Waals surface area contributed by atoms with Crippen LogP contribution in [0.4, 0.5) is 5.69 Å². The standard InChI is InChI=1S/C16H27N3/c1-5-19(13(2)12-18(3)4)15-10-14-8-6-7-9-16(14)17-11-15/h6-9,13,15,17H,5,10-12H2,1-4H3. The molecule has 2 unspecified atom stereocenters. The van der Waals surface area contributed by atoms with Gasteiger partial charge < -0.3 is 10.2 Å². The van der Waals surface area contributed by atoms with Crippen molar-refractivity contribution >= 4 is 5.69 Å². The van der Waals surface area contributed by atoms with Crippen LogP contribution in [0.3, 0.4) is 0 Å². The molecule has 0 radical (unpaired) electrons. The van der Waals surface area contributed by atoms with Gasteiger partial charge in [-0.05, 0) is 45.6 Å². The number of anilines is 1. The van der Waals surface area contributed by atoms with E-state index in [1.54, 1.807) is 0 Å². The molecule has 0 amide bonds. The fraction of sp³-hybridized carbons (Fsp3) is 0.625. The predicted molar refractivity (Wildman–Crippen MR) is 82.8 cm³/mol. The molecule has 0 saturated heterocycles. The number of likely N-dealkylation sites (N-methyl/N-ethyl adjacent to an activating group) is 2. The molecule has 106 valence electrons. The fourth-order valence-corrected chi connectivity index (χ4v) is 3.22. The highest BCUT2D eigenvalue weighted by Gasteiger charge is 2.26. The first-order valence-corrected chi connectivity index (χ1v) is 7.34. The molecular weight excluding hydrogens is 234 g/mol. The second kappa shape index (κ2) is 6.40. The van der Waals surface area contributed by atoms with Crippen molar-refractivity contribution in [1.29, 1.82) is 0 Å². The highest BCUT2D eigenvalue weighted by atomic mass is 15.2. The summed E-state index contributed by atoms with van der Waals surface area (Å²) in [6.07, 6.45) is 1.16. The molecule has 0 saturated carbocycles. The molecule has 0 bridgehead atoms. The van der Waals surface area contributed by atoms with Crippen molar-refractivity contribution < 1.29 is 0 Å². The first kappa shape index (κ1) is 14.4. The van der Waals surface area contributed by atoms with E-state index in [0.29, 0.717) is 12.1 Å². The third kappa shape index (κ3) is 3.48. The predicted octanol–water partition coefficient (Wildman–Crippen LogP) is 2.30. The smallest absolute Gasteiger partial charge is 0.0373 e. The maximum atomic E-state index is 3.58. The Morgan fingerprint density at radius 2 is 2.05 bits per heavy atom. The largest absolute Gasteiger partial charge is 0.383 e. The van der Waals surface area contributed by atoms with Gasteiger partial charge in [-0.15, -0.1) is 0 Å². The highest BCUT2D eigenvalue weighted by Crippen LogP contribution is 2.24. The van der Waals surface area contributed by atoms with Crippen LogP contribution >= 0.6 is 0 Å². The molecule has 0 spiro atoms. The highest BCUT2D eigenvalue weighted by molar-refractivity contribution is 5.53. The Balaban J connectivity index is 2.05. The maximum absolute atomic E-state index is 3.58. The third-order valence-electron chi connectivity index (χ3n) is 4.03. The molecule has 0 aromatic heterocycles. The molecule has 2 rings (SSSR count). The fourth-order valence-electron chi connectivity index (χ4n) is 3.22. The van der Waals surface area contributed by atoms with Crippen LogP contribution in [-0.2, 0) is 6.42 Å². The first-order valence-electron chi connectivity index (χ1n) is 7.34. The Morgan fingerprint density at radius 1 is 1.32 bits per heavy atom. The van der Waals surface area contributed by atoms with E-state index in [0.717, 1.165) is 26.1 Å². The van der Waals surface area contributed by atoms with E-state index in [9.17, 15) is 0 Å². The van der Waals surface area contributed by atoms with Crippen LogP contribution in [0.5, 0.6) is 0 Å². The molecule has 0 aliphatic carbocycles. The van der Waals surface area contributed by atoms with E-state index < -0.39 is 0 Å². The second-order valence-corrected chi connectivity index (χ2v) is 5.84. The van der Waals surface area contributed by atoms with Gasteiger partial charge >= 0.3 is 0 Å². The average Bonchev–Trinajstić information content (AvgIpc) is 2.38. The number of benzene rings is 1. The number of rotatable bonds is 5. The van der Waals surface area contributed by atoms with Crippen molar-refractivity contribution in [2.24, 2.45) is 0 Å². The van der Waals surface area contributed by atoms with Gasteiger partial charge in [-0.3, -0.25) is 4.90 Å². The summed E-state index contributed by atoms with van der Waals surface area (Å²) in [5.74, 6) is 0. The van der Waals surface area contributed by atoms with Crippen molar-refractivity contribution in [3.8, 4) is 0 Å². The lowest BCUT2D eigenvalue weighted by molar-refractivity contribution is 0.131. The molecule has 0 fully saturated rings. The molecular formula is C16H27N3. The molecule has 1 aromatic carbocycles. The zero-order valence-corrected chi connectivity index (χ0v) is 12.7. The van der Waals surface area contributed by atoms with Crippen molar-refractivity contribution in [1.82, 2.24) is 9.80 Å². The Morgan fingerprint density at radius 3 is 2.74 bits per heavy atom. The minimum atomic E-state index is 0.595. The van der Waals surface area contributed by atoms with Gasteiger partial charge in [0.25, 0.3) is 0 Å². The Kier molecular flexibility index (Phi) is 4.83. The van der Waals surface area contributed by atoms with Crippen LogP contribution in [0.25, 0.3) is 0 Å². The van der Waals surface area contributed by atoms with Gasteiger partial charge in [0.2, 0.25) is 0 Å². The summed E-state index contributed by atoms with van der Waals surface area (Å²) in [7, 11) is 4.30. The molecule has 1 N–H and O–H groups in total.